The summed E-state index contributed by atoms with van der Waals surface area (Å²) in [6, 6.07) is 12.8. The Bertz CT molecular complexity index is 1070. The summed E-state index contributed by atoms with van der Waals surface area (Å²) < 4.78 is 26.8. The van der Waals surface area contributed by atoms with Gasteiger partial charge in [0.15, 0.2) is 0 Å². The fourth-order valence-corrected chi connectivity index (χ4v) is 4.57. The summed E-state index contributed by atoms with van der Waals surface area (Å²) in [5, 5.41) is 3.49. The molecule has 4 rings (SSSR count). The average Bonchev–Trinajstić information content (AvgIpc) is 2.80. The summed E-state index contributed by atoms with van der Waals surface area (Å²) >= 11 is 0. The van der Waals surface area contributed by atoms with Gasteiger partial charge in [-0.2, -0.15) is 0 Å². The van der Waals surface area contributed by atoms with Crippen molar-refractivity contribution in [2.75, 3.05) is 19.6 Å². The summed E-state index contributed by atoms with van der Waals surface area (Å²) in [7, 11) is 0. The molecule has 1 atom stereocenters. The molecular formula is C27H32F2N4. The number of nitrogens with zero attached hydrogens (tertiary/aromatic N) is 3. The zero-order chi connectivity index (χ0) is 23.2. The molecule has 1 unspecified atom stereocenters. The summed E-state index contributed by atoms with van der Waals surface area (Å²) in [5.41, 5.74) is 5.19. The van der Waals surface area contributed by atoms with Gasteiger partial charge in [0.2, 0.25) is 0 Å². The van der Waals surface area contributed by atoms with E-state index in [2.05, 4.69) is 47.2 Å². The van der Waals surface area contributed by atoms with Crippen LogP contribution in [0.5, 0.6) is 0 Å². The predicted octanol–water partition coefficient (Wildman–Crippen LogP) is 5.09. The van der Waals surface area contributed by atoms with Gasteiger partial charge in [0.25, 0.3) is 0 Å². The maximum Gasteiger partial charge on any atom is 0.128 e. The van der Waals surface area contributed by atoms with E-state index in [9.17, 15) is 8.78 Å². The van der Waals surface area contributed by atoms with Crippen LogP contribution in [0, 0.1) is 18.6 Å². The van der Waals surface area contributed by atoms with Crippen LogP contribution in [-0.2, 0) is 19.4 Å². The van der Waals surface area contributed by atoms with Crippen molar-refractivity contribution < 1.29 is 8.78 Å². The Balaban J connectivity index is 1.45. The fraction of sp³-hybridized carbons (Fsp3) is 0.407. The van der Waals surface area contributed by atoms with E-state index in [4.69, 9.17) is 4.98 Å². The predicted molar refractivity (Wildman–Crippen MR) is 128 cm³/mol. The van der Waals surface area contributed by atoms with E-state index < -0.39 is 11.6 Å². The van der Waals surface area contributed by atoms with Gasteiger partial charge in [0.1, 0.15) is 17.5 Å². The minimum Gasteiger partial charge on any atom is -0.314 e. The molecule has 0 amide bonds. The van der Waals surface area contributed by atoms with Crippen molar-refractivity contribution in [1.82, 2.24) is 20.2 Å². The van der Waals surface area contributed by atoms with E-state index in [-0.39, 0.29) is 0 Å². The van der Waals surface area contributed by atoms with Gasteiger partial charge in [0, 0.05) is 56.5 Å². The summed E-state index contributed by atoms with van der Waals surface area (Å²) in [4.78, 5) is 11.8. The lowest BCUT2D eigenvalue weighted by Crippen LogP contribution is -2.50. The quantitative estimate of drug-likeness (QED) is 0.519. The SMILES string of the molecule is CCC1CNCCN1Cc1ccc(C)c(-c2ccnc(CCCc3cc(F)cc(F)c3)n2)c1. The molecule has 0 aliphatic carbocycles. The van der Waals surface area contributed by atoms with Crippen molar-refractivity contribution >= 4 is 0 Å². The van der Waals surface area contributed by atoms with Gasteiger partial charge in [-0.1, -0.05) is 19.1 Å². The van der Waals surface area contributed by atoms with E-state index in [1.54, 1.807) is 6.20 Å². The molecular weight excluding hydrogens is 418 g/mol. The van der Waals surface area contributed by atoms with Crippen LogP contribution in [0.4, 0.5) is 8.78 Å². The molecule has 4 nitrogen and oxygen atoms in total. The molecule has 6 heteroatoms. The summed E-state index contributed by atoms with van der Waals surface area (Å²) in [5.74, 6) is -0.323. The first-order chi connectivity index (χ1) is 16.0. The Hall–Kier alpha value is -2.70. The molecule has 1 aliphatic rings. The highest BCUT2D eigenvalue weighted by Crippen LogP contribution is 2.24. The van der Waals surface area contributed by atoms with Gasteiger partial charge in [-0.05, 0) is 67.1 Å². The molecule has 1 aromatic heterocycles. The number of hydrogen-bond donors (Lipinski definition) is 1. The van der Waals surface area contributed by atoms with Crippen molar-refractivity contribution in [3.8, 4) is 11.3 Å². The van der Waals surface area contributed by atoms with E-state index >= 15 is 0 Å². The van der Waals surface area contributed by atoms with Crippen LogP contribution in [0.2, 0.25) is 0 Å². The standard InChI is InChI=1S/C27H32F2N4/c1-3-24-17-30-11-12-33(24)18-21-8-7-19(2)25(15-21)26-9-10-31-27(32-26)6-4-5-20-13-22(28)16-23(29)14-20/h7-10,13-16,24,30H,3-6,11-12,17-18H2,1-2H3. The zero-order valence-electron chi connectivity index (χ0n) is 19.5. The number of aryl methyl sites for hydroxylation is 3. The van der Waals surface area contributed by atoms with Crippen LogP contribution < -0.4 is 5.32 Å². The smallest absolute Gasteiger partial charge is 0.128 e. The van der Waals surface area contributed by atoms with Gasteiger partial charge in [-0.3, -0.25) is 4.90 Å². The van der Waals surface area contributed by atoms with Crippen molar-refractivity contribution in [2.24, 2.45) is 0 Å². The lowest BCUT2D eigenvalue weighted by Gasteiger charge is -2.35. The Labute approximate surface area is 195 Å². The first-order valence-electron chi connectivity index (χ1n) is 11.8. The highest BCUT2D eigenvalue weighted by molar-refractivity contribution is 5.64. The van der Waals surface area contributed by atoms with Crippen LogP contribution in [0.3, 0.4) is 0 Å². The maximum absolute atomic E-state index is 13.4. The van der Waals surface area contributed by atoms with Crippen LogP contribution in [0.15, 0.2) is 48.7 Å². The van der Waals surface area contributed by atoms with Crippen molar-refractivity contribution in [1.29, 1.82) is 0 Å². The van der Waals surface area contributed by atoms with Crippen molar-refractivity contribution in [2.45, 2.75) is 52.1 Å². The van der Waals surface area contributed by atoms with Gasteiger partial charge >= 0.3 is 0 Å². The van der Waals surface area contributed by atoms with Crippen LogP contribution in [0.25, 0.3) is 11.3 Å². The monoisotopic (exact) mass is 450 g/mol. The number of aromatic nitrogens is 2. The van der Waals surface area contributed by atoms with Gasteiger partial charge < -0.3 is 5.32 Å². The normalized spacial score (nSPS) is 16.8. The molecule has 1 saturated heterocycles. The minimum atomic E-state index is -0.537. The maximum atomic E-state index is 13.4. The van der Waals surface area contributed by atoms with Crippen molar-refractivity contribution in [3.63, 3.8) is 0 Å². The summed E-state index contributed by atoms with van der Waals surface area (Å²) in [6.45, 7) is 8.45. The minimum absolute atomic E-state index is 0.537. The van der Waals surface area contributed by atoms with E-state index in [0.717, 1.165) is 62.2 Å². The van der Waals surface area contributed by atoms with E-state index in [1.165, 1.54) is 23.3 Å². The lowest BCUT2D eigenvalue weighted by molar-refractivity contribution is 0.149. The first-order valence-corrected chi connectivity index (χ1v) is 11.8. The second kappa shape index (κ2) is 10.9. The molecule has 0 radical (unpaired) electrons. The van der Waals surface area contributed by atoms with Gasteiger partial charge in [0.05, 0.1) is 5.69 Å². The molecule has 33 heavy (non-hydrogen) atoms. The number of nitrogens with one attached hydrogen (secondary N) is 1. The third-order valence-electron chi connectivity index (χ3n) is 6.40. The van der Waals surface area contributed by atoms with Gasteiger partial charge in [-0.25, -0.2) is 18.7 Å². The topological polar surface area (TPSA) is 41.0 Å². The molecule has 0 spiro atoms. The van der Waals surface area contributed by atoms with Crippen molar-refractivity contribution in [3.05, 3.63) is 82.8 Å². The second-order valence-corrected chi connectivity index (χ2v) is 8.88. The largest absolute Gasteiger partial charge is 0.314 e. The molecule has 2 heterocycles. The molecule has 1 aliphatic heterocycles. The Kier molecular flexibility index (Phi) is 7.78. The highest BCUT2D eigenvalue weighted by atomic mass is 19.1. The molecule has 0 saturated carbocycles. The molecule has 1 N–H and O–H groups in total. The first kappa shape index (κ1) is 23.5. The van der Waals surface area contributed by atoms with Crippen LogP contribution >= 0.6 is 0 Å². The molecule has 1 fully saturated rings. The Morgan fingerprint density at radius 3 is 2.64 bits per heavy atom. The number of halogens is 2. The lowest BCUT2D eigenvalue weighted by atomic mass is 10.0. The number of piperazine rings is 1. The number of benzene rings is 2. The van der Waals surface area contributed by atoms with Crippen LogP contribution in [-0.4, -0.2) is 40.5 Å². The molecule has 0 bridgehead atoms. The number of hydrogen-bond acceptors (Lipinski definition) is 4. The summed E-state index contributed by atoms with van der Waals surface area (Å²) in [6.07, 6.45) is 4.91. The highest BCUT2D eigenvalue weighted by Gasteiger charge is 2.20. The Morgan fingerprint density at radius 2 is 1.85 bits per heavy atom. The number of rotatable bonds is 8. The zero-order valence-corrected chi connectivity index (χ0v) is 19.5. The van der Waals surface area contributed by atoms with Crippen LogP contribution in [0.1, 0.15) is 42.3 Å². The molecule has 2 aromatic carbocycles. The van der Waals surface area contributed by atoms with E-state index in [1.807, 2.05) is 6.07 Å². The third kappa shape index (κ3) is 6.21. The Morgan fingerprint density at radius 1 is 1.03 bits per heavy atom. The second-order valence-electron chi connectivity index (χ2n) is 8.88. The molecule has 3 aromatic rings. The fourth-order valence-electron chi connectivity index (χ4n) is 4.57. The van der Waals surface area contributed by atoms with Gasteiger partial charge in [-0.15, -0.1) is 0 Å². The third-order valence-corrected chi connectivity index (χ3v) is 6.40. The van der Waals surface area contributed by atoms with E-state index in [0.29, 0.717) is 24.4 Å². The molecule has 174 valence electrons. The average molecular weight is 451 g/mol.